The second kappa shape index (κ2) is 7.47. The van der Waals surface area contributed by atoms with Crippen molar-refractivity contribution >= 4 is 23.2 Å². The van der Waals surface area contributed by atoms with E-state index in [1.165, 1.54) is 24.2 Å². The van der Waals surface area contributed by atoms with Crippen molar-refractivity contribution in [1.82, 2.24) is 9.80 Å². The molecule has 1 saturated carbocycles. The molecule has 1 aliphatic heterocycles. The SMILES string of the molecule is CCCN(CC1CC1)C(=O)C1CCN(C(=O)c2cccs2)CC1. The van der Waals surface area contributed by atoms with Gasteiger partial charge in [0.2, 0.25) is 5.91 Å². The highest BCUT2D eigenvalue weighted by Gasteiger charge is 2.33. The Morgan fingerprint density at radius 2 is 2.00 bits per heavy atom. The van der Waals surface area contributed by atoms with Crippen molar-refractivity contribution in [2.24, 2.45) is 11.8 Å². The number of hydrogen-bond donors (Lipinski definition) is 0. The fourth-order valence-corrected chi connectivity index (χ4v) is 4.01. The average molecular weight is 334 g/mol. The molecule has 0 aromatic carbocycles. The Morgan fingerprint density at radius 1 is 1.26 bits per heavy atom. The van der Waals surface area contributed by atoms with Crippen molar-refractivity contribution in [2.75, 3.05) is 26.2 Å². The summed E-state index contributed by atoms with van der Waals surface area (Å²) in [5.74, 6) is 1.29. The van der Waals surface area contributed by atoms with Crippen molar-refractivity contribution in [1.29, 1.82) is 0 Å². The topological polar surface area (TPSA) is 40.6 Å². The summed E-state index contributed by atoms with van der Waals surface area (Å²) in [5, 5.41) is 1.93. The molecule has 126 valence electrons. The summed E-state index contributed by atoms with van der Waals surface area (Å²) in [4.78, 5) is 29.9. The minimum atomic E-state index is 0.104. The van der Waals surface area contributed by atoms with Gasteiger partial charge in [-0.05, 0) is 49.5 Å². The molecular weight excluding hydrogens is 308 g/mol. The Bertz CT molecular complexity index is 531. The Balaban J connectivity index is 1.52. The maximum absolute atomic E-state index is 12.8. The van der Waals surface area contributed by atoms with Crippen LogP contribution in [0, 0.1) is 11.8 Å². The molecule has 4 nitrogen and oxygen atoms in total. The van der Waals surface area contributed by atoms with Gasteiger partial charge in [-0.2, -0.15) is 0 Å². The van der Waals surface area contributed by atoms with Gasteiger partial charge in [0, 0.05) is 32.1 Å². The van der Waals surface area contributed by atoms with Crippen LogP contribution in [0.25, 0.3) is 0 Å². The third kappa shape index (κ3) is 4.14. The maximum atomic E-state index is 12.8. The van der Waals surface area contributed by atoms with E-state index < -0.39 is 0 Å². The van der Waals surface area contributed by atoms with Crippen LogP contribution in [-0.2, 0) is 4.79 Å². The molecule has 0 bridgehead atoms. The number of carbonyl (C=O) groups is 2. The third-order valence-corrected chi connectivity index (χ3v) is 5.70. The standard InChI is InChI=1S/C18H26N2O2S/c1-2-9-20(13-14-5-6-14)17(21)15-7-10-19(11-8-15)18(22)16-4-3-12-23-16/h3-4,12,14-15H,2,5-11,13H2,1H3. The van der Waals surface area contributed by atoms with Crippen molar-refractivity contribution in [3.63, 3.8) is 0 Å². The van der Waals surface area contributed by atoms with E-state index in [1.54, 1.807) is 0 Å². The van der Waals surface area contributed by atoms with Crippen LogP contribution in [0.3, 0.4) is 0 Å². The predicted molar refractivity (Wildman–Crippen MR) is 92.5 cm³/mol. The highest BCUT2D eigenvalue weighted by atomic mass is 32.1. The summed E-state index contributed by atoms with van der Waals surface area (Å²) < 4.78 is 0. The Morgan fingerprint density at radius 3 is 2.57 bits per heavy atom. The van der Waals surface area contributed by atoms with E-state index in [0.717, 1.165) is 43.1 Å². The quantitative estimate of drug-likeness (QED) is 0.801. The van der Waals surface area contributed by atoms with E-state index in [4.69, 9.17) is 0 Å². The summed E-state index contributed by atoms with van der Waals surface area (Å²) in [6.45, 7) is 5.37. The van der Waals surface area contributed by atoms with E-state index in [-0.39, 0.29) is 11.8 Å². The lowest BCUT2D eigenvalue weighted by atomic mass is 9.95. The first-order chi connectivity index (χ1) is 11.2. The monoisotopic (exact) mass is 334 g/mol. The summed E-state index contributed by atoms with van der Waals surface area (Å²) in [6, 6.07) is 3.79. The summed E-state index contributed by atoms with van der Waals surface area (Å²) in [7, 11) is 0. The van der Waals surface area contributed by atoms with E-state index in [9.17, 15) is 9.59 Å². The smallest absolute Gasteiger partial charge is 0.263 e. The zero-order valence-corrected chi connectivity index (χ0v) is 14.7. The van der Waals surface area contributed by atoms with Gasteiger partial charge < -0.3 is 9.80 Å². The van der Waals surface area contributed by atoms with Gasteiger partial charge in [-0.3, -0.25) is 9.59 Å². The van der Waals surface area contributed by atoms with Crippen molar-refractivity contribution in [3.8, 4) is 0 Å². The molecule has 23 heavy (non-hydrogen) atoms. The normalized spacial score (nSPS) is 18.9. The fourth-order valence-electron chi connectivity index (χ4n) is 3.32. The molecule has 1 aliphatic carbocycles. The second-order valence-electron chi connectivity index (χ2n) is 6.77. The fraction of sp³-hybridized carbons (Fsp3) is 0.667. The van der Waals surface area contributed by atoms with Gasteiger partial charge in [-0.1, -0.05) is 13.0 Å². The number of thiophene rings is 1. The van der Waals surface area contributed by atoms with Crippen molar-refractivity contribution < 1.29 is 9.59 Å². The van der Waals surface area contributed by atoms with Gasteiger partial charge in [0.05, 0.1) is 4.88 Å². The summed E-state index contributed by atoms with van der Waals surface area (Å²) in [6.07, 6.45) is 5.19. The summed E-state index contributed by atoms with van der Waals surface area (Å²) in [5.41, 5.74) is 0. The number of hydrogen-bond acceptors (Lipinski definition) is 3. The van der Waals surface area contributed by atoms with Gasteiger partial charge in [0.1, 0.15) is 0 Å². The van der Waals surface area contributed by atoms with Gasteiger partial charge in [-0.25, -0.2) is 0 Å². The molecule has 0 unspecified atom stereocenters. The van der Waals surface area contributed by atoms with Crippen LogP contribution < -0.4 is 0 Å². The molecule has 0 N–H and O–H groups in total. The molecule has 1 aromatic rings. The minimum Gasteiger partial charge on any atom is -0.342 e. The van der Waals surface area contributed by atoms with Crippen LogP contribution in [0.4, 0.5) is 0 Å². The number of likely N-dealkylation sites (tertiary alicyclic amines) is 1. The number of rotatable bonds is 6. The molecule has 5 heteroatoms. The molecule has 0 spiro atoms. The van der Waals surface area contributed by atoms with Crippen LogP contribution in [-0.4, -0.2) is 47.8 Å². The minimum absolute atomic E-state index is 0.104. The molecule has 0 radical (unpaired) electrons. The molecule has 2 amide bonds. The Kier molecular flexibility index (Phi) is 5.36. The van der Waals surface area contributed by atoms with Crippen molar-refractivity contribution in [3.05, 3.63) is 22.4 Å². The largest absolute Gasteiger partial charge is 0.342 e. The first-order valence-corrected chi connectivity index (χ1v) is 9.68. The molecule has 2 aliphatic rings. The molecule has 2 heterocycles. The number of nitrogens with zero attached hydrogens (tertiary/aromatic N) is 2. The molecule has 1 saturated heterocycles. The Hall–Kier alpha value is -1.36. The average Bonchev–Trinajstić information content (AvgIpc) is 3.23. The van der Waals surface area contributed by atoms with Gasteiger partial charge in [0.15, 0.2) is 0 Å². The maximum Gasteiger partial charge on any atom is 0.263 e. The second-order valence-corrected chi connectivity index (χ2v) is 7.72. The summed E-state index contributed by atoms with van der Waals surface area (Å²) >= 11 is 1.49. The van der Waals surface area contributed by atoms with Crippen LogP contribution in [0.15, 0.2) is 17.5 Å². The van der Waals surface area contributed by atoms with Crippen LogP contribution in [0.2, 0.25) is 0 Å². The lowest BCUT2D eigenvalue weighted by Gasteiger charge is -2.34. The lowest BCUT2D eigenvalue weighted by Crippen LogP contribution is -2.45. The van der Waals surface area contributed by atoms with Crippen LogP contribution >= 0.6 is 11.3 Å². The first-order valence-electron chi connectivity index (χ1n) is 8.80. The van der Waals surface area contributed by atoms with E-state index in [2.05, 4.69) is 11.8 Å². The molecular formula is C18H26N2O2S. The van der Waals surface area contributed by atoms with Crippen molar-refractivity contribution in [2.45, 2.75) is 39.0 Å². The number of piperidine rings is 1. The van der Waals surface area contributed by atoms with Crippen LogP contribution in [0.5, 0.6) is 0 Å². The van der Waals surface area contributed by atoms with Gasteiger partial charge in [-0.15, -0.1) is 11.3 Å². The van der Waals surface area contributed by atoms with E-state index >= 15 is 0 Å². The lowest BCUT2D eigenvalue weighted by molar-refractivity contribution is -0.137. The molecule has 3 rings (SSSR count). The molecule has 0 atom stereocenters. The highest BCUT2D eigenvalue weighted by molar-refractivity contribution is 7.12. The first kappa shape index (κ1) is 16.5. The molecule has 2 fully saturated rings. The third-order valence-electron chi connectivity index (χ3n) is 4.84. The van der Waals surface area contributed by atoms with E-state index in [0.29, 0.717) is 19.0 Å². The zero-order valence-electron chi connectivity index (χ0n) is 13.9. The Labute approximate surface area is 142 Å². The number of carbonyl (C=O) groups excluding carboxylic acids is 2. The van der Waals surface area contributed by atoms with Crippen LogP contribution in [0.1, 0.15) is 48.7 Å². The van der Waals surface area contributed by atoms with Gasteiger partial charge >= 0.3 is 0 Å². The predicted octanol–water partition coefficient (Wildman–Crippen LogP) is 3.25. The molecule has 1 aromatic heterocycles. The number of amides is 2. The van der Waals surface area contributed by atoms with E-state index in [1.807, 2.05) is 22.4 Å². The highest BCUT2D eigenvalue weighted by Crippen LogP contribution is 2.31. The zero-order chi connectivity index (χ0) is 16.2. The van der Waals surface area contributed by atoms with Gasteiger partial charge in [0.25, 0.3) is 5.91 Å².